The van der Waals surface area contributed by atoms with Crippen molar-refractivity contribution in [3.63, 3.8) is 0 Å². The summed E-state index contributed by atoms with van der Waals surface area (Å²) in [5.74, 6) is -8.64. The van der Waals surface area contributed by atoms with Crippen molar-refractivity contribution in [3.8, 4) is 5.75 Å². The van der Waals surface area contributed by atoms with Crippen LogP contribution in [0.1, 0.15) is 160 Å². The van der Waals surface area contributed by atoms with Crippen LogP contribution in [0.15, 0.2) is 141 Å². The number of hydrogen-bond donors (Lipinski definition) is 16. The lowest BCUT2D eigenvalue weighted by molar-refractivity contribution is -0.117. The van der Waals surface area contributed by atoms with Crippen LogP contribution in [-0.4, -0.2) is 206 Å². The number of phenols is 1. The molecule has 16 N–H and O–H groups in total. The van der Waals surface area contributed by atoms with Gasteiger partial charge in [-0.15, -0.1) is 11.6 Å². The summed E-state index contributed by atoms with van der Waals surface area (Å²) in [5, 5.41) is 50.3. The number of phenolic OH excluding ortho intramolecular Hbond substituents is 1. The average molecular weight is 1890 g/mol. The lowest BCUT2D eigenvalue weighted by Gasteiger charge is -2.17. The number of benzene rings is 3. The molecule has 0 fully saturated rings. The molecule has 0 saturated heterocycles. The van der Waals surface area contributed by atoms with Crippen LogP contribution in [0.5, 0.6) is 5.75 Å². The van der Waals surface area contributed by atoms with Crippen LogP contribution in [0.4, 0.5) is 69.0 Å². The Balaban J connectivity index is 0.445. The number of carbonyl (C=O) groups excluding carboxylic acids is 15. The number of carbonyl (C=O) groups is 15. The minimum Gasteiger partial charge on any atom is -0.507 e. The van der Waals surface area contributed by atoms with Gasteiger partial charge in [0.05, 0.1) is 28.4 Å². The van der Waals surface area contributed by atoms with E-state index in [0.717, 1.165) is 10.9 Å². The third-order valence-electron chi connectivity index (χ3n) is 21.9. The number of H-pyrrole nitrogens is 1. The van der Waals surface area contributed by atoms with Gasteiger partial charge in [-0.25, -0.2) is 29.9 Å². The van der Waals surface area contributed by atoms with Gasteiger partial charge in [-0.05, 0) is 65.9 Å². The van der Waals surface area contributed by atoms with Gasteiger partial charge in [0.1, 0.15) is 34.2 Å². The molecule has 14 aromatic rings. The molecule has 12 heterocycles. The molecule has 3 aromatic carbocycles. The van der Waals surface area contributed by atoms with Crippen LogP contribution in [0, 0.1) is 0 Å². The maximum Gasteiger partial charge on any atom is 0.292 e. The van der Waals surface area contributed by atoms with Gasteiger partial charge in [0, 0.05) is 225 Å². The van der Waals surface area contributed by atoms with Crippen molar-refractivity contribution in [2.45, 2.75) is 38.5 Å². The molecule has 49 heteroatoms. The van der Waals surface area contributed by atoms with E-state index in [4.69, 9.17) is 11.6 Å². The highest BCUT2D eigenvalue weighted by Gasteiger charge is 2.37. The molecular weight excluding hydrogens is 1800 g/mol. The van der Waals surface area contributed by atoms with E-state index >= 15 is 0 Å². The number of imidazole rings is 6. The number of alkyl halides is 1. The minimum absolute atomic E-state index is 0.0123. The number of anilines is 12. The van der Waals surface area contributed by atoms with Crippen LogP contribution in [0.3, 0.4) is 0 Å². The second kappa shape index (κ2) is 39.2. The second-order valence-electron chi connectivity index (χ2n) is 32.3. The fraction of sp³-hybridized carbons (Fsp3) is 0.239. The van der Waals surface area contributed by atoms with E-state index in [1.165, 1.54) is 163 Å². The van der Waals surface area contributed by atoms with Gasteiger partial charge in [-0.2, -0.15) is 0 Å². The Hall–Kier alpha value is -18.0. The molecule has 15 rings (SSSR count). The van der Waals surface area contributed by atoms with Gasteiger partial charge in [0.2, 0.25) is 58.6 Å². The van der Waals surface area contributed by atoms with E-state index in [2.05, 4.69) is 109 Å². The van der Waals surface area contributed by atoms with Gasteiger partial charge in [0.15, 0.2) is 34.9 Å². The Morgan fingerprint density at radius 2 is 0.715 bits per heavy atom. The number of aromatic nitrogens is 17. The van der Waals surface area contributed by atoms with Crippen molar-refractivity contribution >= 4 is 191 Å². The number of nitrogens with one attached hydrogen (secondary N) is 15. The summed E-state index contributed by atoms with van der Waals surface area (Å²) in [5.41, 5.74) is 4.54. The number of amides is 15. The molecule has 1 aliphatic rings. The zero-order chi connectivity index (χ0) is 97.8. The number of nitrogens with zero attached hydrogens (tertiary/aromatic N) is 17. The van der Waals surface area contributed by atoms with E-state index < -0.39 is 76.8 Å². The third-order valence-corrected chi connectivity index (χ3v) is 22.2. The number of fused-ring (bicyclic) bond motifs is 4. The third kappa shape index (κ3) is 21.0. The largest absolute Gasteiger partial charge is 0.507 e. The van der Waals surface area contributed by atoms with Gasteiger partial charge in [-0.1, -0.05) is 24.3 Å². The van der Waals surface area contributed by atoms with E-state index in [1.54, 1.807) is 81.2 Å². The molecular formula is C88H91ClN32O16. The maximum atomic E-state index is 14.1. The summed E-state index contributed by atoms with van der Waals surface area (Å²) in [6.07, 6.45) is 14.3. The fourth-order valence-corrected chi connectivity index (χ4v) is 15.7. The van der Waals surface area contributed by atoms with E-state index in [9.17, 15) is 77.0 Å². The molecule has 48 nitrogen and oxygen atoms in total. The standard InChI is InChI=1S/C88H91ClN32O16/c1-44(122)93-62-38-118(9)76(101-62)86(135)109-66-42-117(8)74(105-66)84(133)92-24-21-70(126)100-63-39-119(10)77(102-63)87(136)110-67-43-120(11)75(106-67)85(134)98-51-30-60(114(5)37-51)81(130)108-64-40-115(6)72(103-64)82(131)90-22-14-17-68(124)94-48-28-59(112(3)34-48)80(129)107-65-41-116(7)73(104-65)83(132)91-23-20-69(125)95-49-27-57(111(2)35-49)79(128)97-50-29-58(113(4)36-50)78(127)96-47-18-19-54-45(25-47)26-55(99-54)88(137)121-33-46(32-89)71-53-16-13-12-15-52(53)61(123)31-56(71)121/h12-13,15-16,18-19,25-31,34-43,46,99,123H,14,17,20-24,32-33H2,1-11H3,(H,90,131)(H,91,132)(H,92,133)(H,93,122)(H,94,124)(H,95,125)(H,96,127)(H,97,128)(H,98,134)(H,100,126)(H,107,129)(H,108,130)(H,109,135)(H,110,136). The van der Waals surface area contributed by atoms with Crippen LogP contribution in [0.25, 0.3) is 21.7 Å². The highest BCUT2D eigenvalue weighted by atomic mass is 35.5. The van der Waals surface area contributed by atoms with Crippen molar-refractivity contribution < 1.29 is 77.0 Å². The van der Waals surface area contributed by atoms with Crippen molar-refractivity contribution in [3.05, 3.63) is 210 Å². The highest BCUT2D eigenvalue weighted by Crippen LogP contribution is 2.46. The predicted molar refractivity (Wildman–Crippen MR) is 501 cm³/mol. The Morgan fingerprint density at radius 3 is 1.15 bits per heavy atom. The second-order valence-corrected chi connectivity index (χ2v) is 32.6. The molecule has 15 amide bonds. The number of rotatable bonds is 33. The first-order chi connectivity index (χ1) is 65.3. The number of aromatic amines is 1. The summed E-state index contributed by atoms with van der Waals surface area (Å²) in [7, 11) is 15.6. The number of aromatic hydroxyl groups is 1. The average Bonchev–Trinajstić information content (AvgIpc) is 1.59. The predicted octanol–water partition coefficient (Wildman–Crippen LogP) is 6.15. The Bertz CT molecular complexity index is 7290. The van der Waals surface area contributed by atoms with Crippen LogP contribution < -0.4 is 79.3 Å². The summed E-state index contributed by atoms with van der Waals surface area (Å²) >= 11 is 6.43. The SMILES string of the molecule is CC(=O)Nc1cn(C)c(C(=O)Nc2cn(C)c(C(=O)NCCC(=O)Nc3cn(C)c(C(=O)Nc4cn(C)c(C(=O)Nc5cc(C(=O)Nc6cn(C)c(C(=O)NCCCC(=O)Nc7cc(C(=O)Nc8cn(C)c(C(=O)NCCC(=O)Nc9cc(C(=O)Nc%10cc(C(=O)Nc%11ccc%12[nH]c(C(=O)N%13CC(CCl)c%14c%13cc(O)c%13ccccc%14%13)cc%12c%11)n(C)c%10)n(C)c9)n8)n(C)c7)n6)n(C)c5)n4)n3)n2)n1. The molecule has 137 heavy (non-hydrogen) atoms. The minimum atomic E-state index is -0.747. The molecule has 0 spiro atoms. The van der Waals surface area contributed by atoms with Crippen molar-refractivity contribution in [2.24, 2.45) is 70.5 Å². The van der Waals surface area contributed by atoms with Crippen molar-refractivity contribution in [1.82, 2.24) is 96.5 Å². The van der Waals surface area contributed by atoms with E-state index in [0.29, 0.717) is 45.6 Å². The molecule has 1 unspecified atom stereocenters. The van der Waals surface area contributed by atoms with E-state index in [-0.39, 0.29) is 184 Å². The first-order valence-electron chi connectivity index (χ1n) is 42.2. The van der Waals surface area contributed by atoms with Crippen LogP contribution in [0.2, 0.25) is 0 Å². The van der Waals surface area contributed by atoms with Gasteiger partial charge >= 0.3 is 0 Å². The molecule has 0 saturated carbocycles. The van der Waals surface area contributed by atoms with Crippen molar-refractivity contribution in [1.29, 1.82) is 0 Å². The zero-order valence-electron chi connectivity index (χ0n) is 75.3. The first kappa shape index (κ1) is 93.7. The molecule has 1 atom stereocenters. The first-order valence-corrected chi connectivity index (χ1v) is 42.7. The maximum absolute atomic E-state index is 14.1. The molecule has 0 radical (unpaired) electrons. The van der Waals surface area contributed by atoms with Gasteiger partial charge in [0.25, 0.3) is 65.0 Å². The van der Waals surface area contributed by atoms with Crippen molar-refractivity contribution in [2.75, 3.05) is 95.4 Å². The van der Waals surface area contributed by atoms with Gasteiger partial charge in [-0.3, -0.25) is 71.9 Å². The molecule has 0 aliphatic carbocycles. The normalized spacial score (nSPS) is 12.1. The highest BCUT2D eigenvalue weighted by molar-refractivity contribution is 6.20. The quantitative estimate of drug-likeness (QED) is 0.0162. The van der Waals surface area contributed by atoms with Crippen LogP contribution >= 0.6 is 11.6 Å². The van der Waals surface area contributed by atoms with Gasteiger partial charge < -0.3 is 135 Å². The molecule has 11 aromatic heterocycles. The topological polar surface area (TPSA) is 590 Å². The monoisotopic (exact) mass is 1890 g/mol. The summed E-state index contributed by atoms with van der Waals surface area (Å²) in [4.78, 5) is 229. The Morgan fingerprint density at radius 1 is 0.365 bits per heavy atom. The number of halogens is 1. The number of aryl methyl sites for hydroxylation is 10. The van der Waals surface area contributed by atoms with E-state index in [1.807, 2.05) is 24.3 Å². The number of hydrogen-bond acceptors (Lipinski definition) is 22. The summed E-state index contributed by atoms with van der Waals surface area (Å²) in [6.45, 7) is 1.41. The summed E-state index contributed by atoms with van der Waals surface area (Å²) in [6, 6.07) is 21.7. The lowest BCUT2D eigenvalue weighted by atomic mass is 9.95. The fourth-order valence-electron chi connectivity index (χ4n) is 15.5. The Labute approximate surface area is 780 Å². The molecule has 706 valence electrons. The Kier molecular flexibility index (Phi) is 26.8. The molecule has 0 bridgehead atoms. The smallest absolute Gasteiger partial charge is 0.292 e. The lowest BCUT2D eigenvalue weighted by Crippen LogP contribution is -2.30. The van der Waals surface area contributed by atoms with Crippen LogP contribution in [-0.2, 0) is 89.7 Å². The molecule has 1 aliphatic heterocycles. The zero-order valence-corrected chi connectivity index (χ0v) is 76.0. The summed E-state index contributed by atoms with van der Waals surface area (Å²) < 4.78 is 14.2.